The molecule has 0 aliphatic carbocycles. The van der Waals surface area contributed by atoms with Gasteiger partial charge in [-0.25, -0.2) is 0 Å². The molecular formula is C14H18N4O2. The van der Waals surface area contributed by atoms with Crippen molar-refractivity contribution in [3.05, 3.63) is 41.7 Å². The third-order valence-electron chi connectivity index (χ3n) is 3.32. The molecule has 0 bridgehead atoms. The molecule has 0 spiro atoms. The number of amides is 1. The van der Waals surface area contributed by atoms with Crippen molar-refractivity contribution in [2.75, 3.05) is 14.2 Å². The van der Waals surface area contributed by atoms with Crippen LogP contribution in [0.2, 0.25) is 0 Å². The van der Waals surface area contributed by atoms with Crippen LogP contribution >= 0.6 is 0 Å². The monoisotopic (exact) mass is 274 g/mol. The van der Waals surface area contributed by atoms with Crippen molar-refractivity contribution in [1.29, 1.82) is 0 Å². The van der Waals surface area contributed by atoms with Gasteiger partial charge in [0.1, 0.15) is 5.75 Å². The van der Waals surface area contributed by atoms with Crippen LogP contribution in [0.1, 0.15) is 23.0 Å². The number of hydrogen-bond donors (Lipinski definition) is 1. The number of ether oxygens (including phenoxy) is 1. The number of H-pyrrole nitrogens is 1. The molecule has 0 saturated carbocycles. The minimum Gasteiger partial charge on any atom is -0.496 e. The molecule has 1 atom stereocenters. The summed E-state index contributed by atoms with van der Waals surface area (Å²) >= 11 is 0. The van der Waals surface area contributed by atoms with E-state index in [9.17, 15) is 4.79 Å². The highest BCUT2D eigenvalue weighted by molar-refractivity contribution is 5.91. The molecule has 2 rings (SSSR count). The van der Waals surface area contributed by atoms with E-state index in [0.717, 1.165) is 11.3 Å². The molecule has 0 aliphatic rings. The summed E-state index contributed by atoms with van der Waals surface area (Å²) in [5, 5.41) is 9.91. The number of nitrogens with zero attached hydrogens (tertiary/aromatic N) is 3. The van der Waals surface area contributed by atoms with Crippen molar-refractivity contribution in [2.24, 2.45) is 0 Å². The lowest BCUT2D eigenvalue weighted by Crippen LogP contribution is -2.36. The second-order valence-corrected chi connectivity index (χ2v) is 4.64. The summed E-state index contributed by atoms with van der Waals surface area (Å²) in [7, 11) is 3.41. The van der Waals surface area contributed by atoms with Gasteiger partial charge in [-0.15, -0.1) is 0 Å². The summed E-state index contributed by atoms with van der Waals surface area (Å²) in [5.74, 6) is 0.683. The number of hydrogen-bond acceptors (Lipinski definition) is 4. The number of aromatic amines is 1. The Hall–Kier alpha value is -2.37. The molecule has 1 unspecified atom stereocenters. The number of carbonyl (C=O) groups excluding carboxylic acids is 1. The van der Waals surface area contributed by atoms with Gasteiger partial charge in [0.15, 0.2) is 5.69 Å². The van der Waals surface area contributed by atoms with Gasteiger partial charge in [0.2, 0.25) is 0 Å². The van der Waals surface area contributed by atoms with E-state index >= 15 is 0 Å². The van der Waals surface area contributed by atoms with Crippen molar-refractivity contribution in [3.8, 4) is 5.75 Å². The molecule has 6 nitrogen and oxygen atoms in total. The molecule has 1 N–H and O–H groups in total. The lowest BCUT2D eigenvalue weighted by molar-refractivity contribution is 0.0737. The zero-order valence-electron chi connectivity index (χ0n) is 11.8. The Kier molecular flexibility index (Phi) is 4.34. The number of nitrogens with one attached hydrogen (secondary N) is 1. The molecule has 0 fully saturated rings. The quantitative estimate of drug-likeness (QED) is 0.897. The van der Waals surface area contributed by atoms with Gasteiger partial charge in [0.25, 0.3) is 5.91 Å². The van der Waals surface area contributed by atoms with E-state index in [4.69, 9.17) is 4.74 Å². The number of methoxy groups -OCH3 is 1. The summed E-state index contributed by atoms with van der Waals surface area (Å²) in [5.41, 5.74) is 1.39. The Labute approximate surface area is 117 Å². The summed E-state index contributed by atoms with van der Waals surface area (Å²) < 4.78 is 5.33. The van der Waals surface area contributed by atoms with Crippen LogP contribution in [0.5, 0.6) is 5.75 Å². The SMILES string of the molecule is COc1ccccc1CC(C)N(C)C(=O)c1cn[nH]n1. The zero-order chi connectivity index (χ0) is 14.5. The van der Waals surface area contributed by atoms with E-state index in [2.05, 4.69) is 15.4 Å². The molecule has 0 radical (unpaired) electrons. The topological polar surface area (TPSA) is 71.1 Å². The predicted octanol–water partition coefficient (Wildman–Crippen LogP) is 1.52. The Morgan fingerprint density at radius 2 is 2.20 bits per heavy atom. The maximum absolute atomic E-state index is 12.2. The molecule has 6 heteroatoms. The Morgan fingerprint density at radius 3 is 2.85 bits per heavy atom. The predicted molar refractivity (Wildman–Crippen MR) is 74.6 cm³/mol. The maximum Gasteiger partial charge on any atom is 0.276 e. The number of rotatable bonds is 5. The average molecular weight is 274 g/mol. The highest BCUT2D eigenvalue weighted by Crippen LogP contribution is 2.20. The molecule has 0 aliphatic heterocycles. The van der Waals surface area contributed by atoms with Crippen LogP contribution in [0.4, 0.5) is 0 Å². The fraction of sp³-hybridized carbons (Fsp3) is 0.357. The number of likely N-dealkylation sites (N-methyl/N-ethyl adjacent to an activating group) is 1. The van der Waals surface area contributed by atoms with E-state index in [1.165, 1.54) is 6.20 Å². The molecule has 0 saturated heterocycles. The first-order valence-corrected chi connectivity index (χ1v) is 6.38. The van der Waals surface area contributed by atoms with Crippen LogP contribution in [-0.4, -0.2) is 46.4 Å². The Balaban J connectivity index is 2.08. The van der Waals surface area contributed by atoms with Crippen LogP contribution in [0.25, 0.3) is 0 Å². The highest BCUT2D eigenvalue weighted by atomic mass is 16.5. The van der Waals surface area contributed by atoms with Crippen LogP contribution in [-0.2, 0) is 6.42 Å². The van der Waals surface area contributed by atoms with Crippen LogP contribution < -0.4 is 4.74 Å². The fourth-order valence-electron chi connectivity index (χ4n) is 2.01. The van der Waals surface area contributed by atoms with E-state index in [1.807, 2.05) is 31.2 Å². The van der Waals surface area contributed by atoms with Crippen molar-refractivity contribution >= 4 is 5.91 Å². The van der Waals surface area contributed by atoms with Crippen molar-refractivity contribution in [1.82, 2.24) is 20.3 Å². The first-order valence-electron chi connectivity index (χ1n) is 6.38. The van der Waals surface area contributed by atoms with Crippen molar-refractivity contribution < 1.29 is 9.53 Å². The van der Waals surface area contributed by atoms with E-state index < -0.39 is 0 Å². The zero-order valence-corrected chi connectivity index (χ0v) is 11.8. The number of aromatic nitrogens is 3. The summed E-state index contributed by atoms with van der Waals surface area (Å²) in [4.78, 5) is 13.8. The van der Waals surface area contributed by atoms with E-state index in [1.54, 1.807) is 19.1 Å². The molecule has 106 valence electrons. The lowest BCUT2D eigenvalue weighted by Gasteiger charge is -2.24. The molecule has 1 aromatic heterocycles. The van der Waals surface area contributed by atoms with Gasteiger partial charge in [-0.2, -0.15) is 15.4 Å². The molecular weight excluding hydrogens is 256 g/mol. The van der Waals surface area contributed by atoms with Crippen molar-refractivity contribution in [2.45, 2.75) is 19.4 Å². The molecule has 1 amide bonds. The van der Waals surface area contributed by atoms with Gasteiger partial charge in [0, 0.05) is 13.1 Å². The third-order valence-corrected chi connectivity index (χ3v) is 3.32. The summed E-state index contributed by atoms with van der Waals surface area (Å²) in [6.07, 6.45) is 2.14. The van der Waals surface area contributed by atoms with Gasteiger partial charge in [-0.1, -0.05) is 18.2 Å². The van der Waals surface area contributed by atoms with E-state index in [0.29, 0.717) is 12.1 Å². The second-order valence-electron chi connectivity index (χ2n) is 4.64. The molecule has 2 aromatic rings. The smallest absolute Gasteiger partial charge is 0.276 e. The van der Waals surface area contributed by atoms with Gasteiger partial charge in [-0.3, -0.25) is 4.79 Å². The summed E-state index contributed by atoms with van der Waals surface area (Å²) in [6.45, 7) is 1.99. The normalized spacial score (nSPS) is 11.9. The summed E-state index contributed by atoms with van der Waals surface area (Å²) in [6, 6.07) is 7.84. The van der Waals surface area contributed by atoms with Crippen LogP contribution in [0, 0.1) is 0 Å². The second kappa shape index (κ2) is 6.18. The van der Waals surface area contributed by atoms with Gasteiger partial charge in [0.05, 0.1) is 13.3 Å². The number of carbonyl (C=O) groups is 1. The fourth-order valence-corrected chi connectivity index (χ4v) is 2.01. The average Bonchev–Trinajstić information content (AvgIpc) is 3.00. The third kappa shape index (κ3) is 2.96. The standard InChI is InChI=1S/C14H18N4O2/c1-10(8-11-6-4-5-7-13(11)20-3)18(2)14(19)12-9-15-17-16-12/h4-7,9-10H,8H2,1-3H3,(H,15,16,17). The number of para-hydroxylation sites is 1. The minimum atomic E-state index is -0.152. The molecule has 1 heterocycles. The minimum absolute atomic E-state index is 0.0236. The maximum atomic E-state index is 12.2. The Bertz CT molecular complexity index is 568. The number of benzene rings is 1. The Morgan fingerprint density at radius 1 is 1.45 bits per heavy atom. The molecule has 1 aromatic carbocycles. The first kappa shape index (κ1) is 14.0. The highest BCUT2D eigenvalue weighted by Gasteiger charge is 2.20. The van der Waals surface area contributed by atoms with Gasteiger partial charge in [-0.05, 0) is 25.0 Å². The van der Waals surface area contributed by atoms with Gasteiger partial charge < -0.3 is 9.64 Å². The first-order chi connectivity index (χ1) is 9.63. The lowest BCUT2D eigenvalue weighted by atomic mass is 10.0. The van der Waals surface area contributed by atoms with Crippen molar-refractivity contribution in [3.63, 3.8) is 0 Å². The van der Waals surface area contributed by atoms with E-state index in [-0.39, 0.29) is 11.9 Å². The van der Waals surface area contributed by atoms with Crippen LogP contribution in [0.15, 0.2) is 30.5 Å². The largest absolute Gasteiger partial charge is 0.496 e. The van der Waals surface area contributed by atoms with Crippen LogP contribution in [0.3, 0.4) is 0 Å². The molecule has 20 heavy (non-hydrogen) atoms. The van der Waals surface area contributed by atoms with Gasteiger partial charge >= 0.3 is 0 Å².